The Labute approximate surface area is 121 Å². The Morgan fingerprint density at radius 1 is 1.43 bits per heavy atom. The van der Waals surface area contributed by atoms with Crippen LogP contribution < -0.4 is 10.6 Å². The first-order valence-electron chi connectivity index (χ1n) is 6.24. The monoisotopic (exact) mass is 293 g/mol. The van der Waals surface area contributed by atoms with Gasteiger partial charge in [0, 0.05) is 12.0 Å². The molecule has 0 aliphatic carbocycles. The third-order valence-corrected chi connectivity index (χ3v) is 2.77. The molecule has 0 spiro atoms. The average Bonchev–Trinajstić information content (AvgIpc) is 2.38. The molecule has 3 N–H and O–H groups in total. The molecule has 0 unspecified atom stereocenters. The van der Waals surface area contributed by atoms with Gasteiger partial charge in [-0.2, -0.15) is 5.26 Å². The van der Waals surface area contributed by atoms with Gasteiger partial charge in [-0.15, -0.1) is 0 Å². The van der Waals surface area contributed by atoms with E-state index in [1.54, 1.807) is 19.9 Å². The van der Waals surface area contributed by atoms with Crippen LogP contribution in [0.4, 0.5) is 14.9 Å². The number of hydrogen-bond acceptors (Lipinski definition) is 3. The van der Waals surface area contributed by atoms with E-state index in [2.05, 4.69) is 10.6 Å². The van der Waals surface area contributed by atoms with E-state index in [1.165, 1.54) is 6.07 Å². The van der Waals surface area contributed by atoms with Crippen LogP contribution in [0.3, 0.4) is 0 Å². The summed E-state index contributed by atoms with van der Waals surface area (Å²) >= 11 is 0. The zero-order valence-electron chi connectivity index (χ0n) is 11.7. The van der Waals surface area contributed by atoms with Crippen molar-refractivity contribution < 1.29 is 19.1 Å². The summed E-state index contributed by atoms with van der Waals surface area (Å²) < 4.78 is 13.0. The van der Waals surface area contributed by atoms with Crippen LogP contribution in [-0.4, -0.2) is 22.6 Å². The van der Waals surface area contributed by atoms with Gasteiger partial charge in [-0.3, -0.25) is 4.79 Å². The van der Waals surface area contributed by atoms with Crippen molar-refractivity contribution in [1.82, 2.24) is 5.32 Å². The van der Waals surface area contributed by atoms with Crippen molar-refractivity contribution in [1.29, 1.82) is 5.26 Å². The number of carbonyl (C=O) groups is 2. The van der Waals surface area contributed by atoms with Gasteiger partial charge in [0.1, 0.15) is 11.9 Å². The smallest absolute Gasteiger partial charge is 0.319 e. The lowest BCUT2D eigenvalue weighted by Gasteiger charge is -2.25. The number of amides is 2. The largest absolute Gasteiger partial charge is 0.481 e. The fourth-order valence-corrected chi connectivity index (χ4v) is 1.66. The lowest BCUT2D eigenvalue weighted by molar-refractivity contribution is -0.137. The van der Waals surface area contributed by atoms with Gasteiger partial charge in [-0.05, 0) is 38.5 Å². The van der Waals surface area contributed by atoms with Crippen molar-refractivity contribution in [3.63, 3.8) is 0 Å². The van der Waals surface area contributed by atoms with Crippen LogP contribution in [0.1, 0.15) is 32.3 Å². The molecule has 0 fully saturated rings. The summed E-state index contributed by atoms with van der Waals surface area (Å²) in [5.74, 6) is -1.52. The fraction of sp³-hybridized carbons (Fsp3) is 0.357. The highest BCUT2D eigenvalue weighted by Crippen LogP contribution is 2.17. The van der Waals surface area contributed by atoms with Crippen LogP contribution in [0.15, 0.2) is 18.2 Å². The summed E-state index contributed by atoms with van der Waals surface area (Å²) in [7, 11) is 0. The summed E-state index contributed by atoms with van der Waals surface area (Å²) in [6.45, 7) is 3.37. The maximum atomic E-state index is 13.0. The molecule has 21 heavy (non-hydrogen) atoms. The third kappa shape index (κ3) is 5.48. The standard InChI is InChI=1S/C14H16FN3O3/c1-14(2,6-5-12(19)20)18-13(21)17-11-4-3-10(15)7-9(11)8-16/h3-4,7H,5-6H2,1-2H3,(H,19,20)(H2,17,18,21). The zero-order valence-corrected chi connectivity index (χ0v) is 11.7. The molecule has 0 radical (unpaired) electrons. The first kappa shape index (κ1) is 16.4. The summed E-state index contributed by atoms with van der Waals surface area (Å²) in [5.41, 5.74) is -0.533. The number of hydrogen-bond donors (Lipinski definition) is 3. The summed E-state index contributed by atoms with van der Waals surface area (Å²) in [5, 5.41) is 22.6. The fourth-order valence-electron chi connectivity index (χ4n) is 1.66. The summed E-state index contributed by atoms with van der Waals surface area (Å²) in [6.07, 6.45) is 0.178. The first-order chi connectivity index (χ1) is 9.73. The normalized spacial score (nSPS) is 10.6. The number of urea groups is 1. The van der Waals surface area contributed by atoms with E-state index in [4.69, 9.17) is 10.4 Å². The molecule has 1 rings (SSSR count). The highest BCUT2D eigenvalue weighted by molar-refractivity contribution is 5.91. The minimum Gasteiger partial charge on any atom is -0.481 e. The molecule has 7 heteroatoms. The lowest BCUT2D eigenvalue weighted by Crippen LogP contribution is -2.45. The third-order valence-electron chi connectivity index (χ3n) is 2.77. The van der Waals surface area contributed by atoms with E-state index >= 15 is 0 Å². The van der Waals surface area contributed by atoms with E-state index in [-0.39, 0.29) is 24.1 Å². The molecule has 0 bridgehead atoms. The van der Waals surface area contributed by atoms with Crippen LogP contribution in [0.25, 0.3) is 0 Å². The van der Waals surface area contributed by atoms with Gasteiger partial charge in [0.15, 0.2) is 0 Å². The molecule has 1 aromatic carbocycles. The molecule has 0 saturated carbocycles. The molecule has 0 saturated heterocycles. The second-order valence-electron chi connectivity index (χ2n) is 5.16. The molecule has 0 atom stereocenters. The number of anilines is 1. The maximum absolute atomic E-state index is 13.0. The number of carboxylic acids is 1. The van der Waals surface area contributed by atoms with E-state index in [0.29, 0.717) is 0 Å². The molecular formula is C14H16FN3O3. The Hall–Kier alpha value is -2.62. The van der Waals surface area contributed by atoms with Crippen LogP contribution in [0, 0.1) is 17.1 Å². The number of carboxylic acid groups (broad SMARTS) is 1. The number of aliphatic carboxylic acids is 1. The Morgan fingerprint density at radius 2 is 2.10 bits per heavy atom. The van der Waals surface area contributed by atoms with Gasteiger partial charge in [-0.1, -0.05) is 0 Å². The second kappa shape index (κ2) is 6.70. The number of nitrogens with one attached hydrogen (secondary N) is 2. The van der Waals surface area contributed by atoms with Gasteiger partial charge in [0.05, 0.1) is 11.3 Å². The molecule has 112 valence electrons. The Kier molecular flexibility index (Phi) is 5.24. The van der Waals surface area contributed by atoms with Gasteiger partial charge >= 0.3 is 12.0 Å². The van der Waals surface area contributed by atoms with Crippen molar-refractivity contribution in [3.8, 4) is 6.07 Å². The first-order valence-corrected chi connectivity index (χ1v) is 6.24. The number of halogens is 1. The summed E-state index contributed by atoms with van der Waals surface area (Å²) in [4.78, 5) is 22.4. The zero-order chi connectivity index (χ0) is 16.0. The molecule has 0 aromatic heterocycles. The average molecular weight is 293 g/mol. The molecule has 0 aliphatic rings. The second-order valence-corrected chi connectivity index (χ2v) is 5.16. The van der Waals surface area contributed by atoms with Crippen LogP contribution in [-0.2, 0) is 4.79 Å². The highest BCUT2D eigenvalue weighted by atomic mass is 19.1. The maximum Gasteiger partial charge on any atom is 0.319 e. The SMILES string of the molecule is CC(C)(CCC(=O)O)NC(=O)Nc1ccc(F)cc1C#N. The van der Waals surface area contributed by atoms with Crippen molar-refractivity contribution in [2.75, 3.05) is 5.32 Å². The van der Waals surface area contributed by atoms with Gasteiger partial charge in [-0.25, -0.2) is 9.18 Å². The van der Waals surface area contributed by atoms with Gasteiger partial charge in [0.2, 0.25) is 0 Å². The quantitative estimate of drug-likeness (QED) is 0.776. The minimum atomic E-state index is -0.949. The van der Waals surface area contributed by atoms with Crippen molar-refractivity contribution in [2.24, 2.45) is 0 Å². The van der Waals surface area contributed by atoms with E-state index in [0.717, 1.165) is 12.1 Å². The van der Waals surface area contributed by atoms with E-state index < -0.39 is 23.4 Å². The van der Waals surface area contributed by atoms with E-state index in [9.17, 15) is 14.0 Å². The topological polar surface area (TPSA) is 102 Å². The predicted octanol–water partition coefficient (Wildman–Crippen LogP) is 2.46. The summed E-state index contributed by atoms with van der Waals surface area (Å²) in [6, 6.07) is 4.63. The number of nitrogens with zero attached hydrogens (tertiary/aromatic N) is 1. The molecule has 1 aromatic rings. The van der Waals surface area contributed by atoms with E-state index in [1.807, 2.05) is 0 Å². The van der Waals surface area contributed by atoms with Crippen LogP contribution in [0.5, 0.6) is 0 Å². The Balaban J connectivity index is 2.70. The van der Waals surface area contributed by atoms with Gasteiger partial charge < -0.3 is 15.7 Å². The van der Waals surface area contributed by atoms with Crippen molar-refractivity contribution in [3.05, 3.63) is 29.6 Å². The van der Waals surface area contributed by atoms with Crippen molar-refractivity contribution >= 4 is 17.7 Å². The molecule has 0 aliphatic heterocycles. The Morgan fingerprint density at radius 3 is 2.67 bits per heavy atom. The number of rotatable bonds is 5. The van der Waals surface area contributed by atoms with Crippen molar-refractivity contribution in [2.45, 2.75) is 32.2 Å². The number of benzene rings is 1. The van der Waals surface area contributed by atoms with Crippen LogP contribution in [0.2, 0.25) is 0 Å². The molecule has 0 heterocycles. The van der Waals surface area contributed by atoms with Crippen LogP contribution >= 0.6 is 0 Å². The predicted molar refractivity (Wildman–Crippen MR) is 74.2 cm³/mol. The van der Waals surface area contributed by atoms with Gasteiger partial charge in [0.25, 0.3) is 0 Å². The number of carbonyl (C=O) groups excluding carboxylic acids is 1. The number of nitriles is 1. The highest BCUT2D eigenvalue weighted by Gasteiger charge is 2.22. The molecule has 6 nitrogen and oxygen atoms in total. The Bertz CT molecular complexity index is 594. The lowest BCUT2D eigenvalue weighted by atomic mass is 9.99. The molecular weight excluding hydrogens is 277 g/mol. The molecule has 2 amide bonds. The minimum absolute atomic E-state index is 0.00786.